The Morgan fingerprint density at radius 1 is 1.41 bits per heavy atom. The van der Waals surface area contributed by atoms with Crippen LogP contribution in [-0.2, 0) is 0 Å². The van der Waals surface area contributed by atoms with Crippen LogP contribution in [0.1, 0.15) is 25.5 Å². The summed E-state index contributed by atoms with van der Waals surface area (Å²) in [5, 5.41) is 10.3. The molecule has 2 aromatic rings. The molecule has 118 valence electrons. The maximum atomic E-state index is 11.6. The summed E-state index contributed by atoms with van der Waals surface area (Å²) in [5.41, 5.74) is 2.02. The molecule has 7 heteroatoms. The number of urea groups is 1. The fraction of sp³-hybridized carbons (Fsp3) is 0.533. The van der Waals surface area contributed by atoms with Crippen LogP contribution in [0.4, 0.5) is 10.7 Å². The molecule has 7 nitrogen and oxygen atoms in total. The summed E-state index contributed by atoms with van der Waals surface area (Å²) in [6, 6.07) is 4.13. The average Bonchev–Trinajstić information content (AvgIpc) is 2.97. The zero-order chi connectivity index (χ0) is 15.5. The molecule has 1 saturated heterocycles. The summed E-state index contributed by atoms with van der Waals surface area (Å²) in [7, 11) is 0. The lowest BCUT2D eigenvalue weighted by Gasteiger charge is -2.32. The van der Waals surface area contributed by atoms with Gasteiger partial charge >= 0.3 is 6.03 Å². The van der Waals surface area contributed by atoms with E-state index in [0.29, 0.717) is 6.54 Å². The Balaban J connectivity index is 1.64. The molecular formula is C15H22N6O. The monoisotopic (exact) mass is 302 g/mol. The van der Waals surface area contributed by atoms with Crippen molar-refractivity contribution in [2.75, 3.05) is 24.5 Å². The Kier molecular flexibility index (Phi) is 4.13. The topological polar surface area (TPSA) is 74.6 Å². The molecule has 3 heterocycles. The Hall–Kier alpha value is -2.31. The van der Waals surface area contributed by atoms with Crippen LogP contribution >= 0.6 is 0 Å². The molecule has 0 atom stereocenters. The normalized spacial score (nSPS) is 16.0. The van der Waals surface area contributed by atoms with Crippen LogP contribution in [0, 0.1) is 6.92 Å². The van der Waals surface area contributed by atoms with Crippen molar-refractivity contribution in [3.8, 4) is 0 Å². The van der Waals surface area contributed by atoms with Gasteiger partial charge in [0.25, 0.3) is 0 Å². The van der Waals surface area contributed by atoms with E-state index in [1.807, 2.05) is 36.7 Å². The van der Waals surface area contributed by atoms with Crippen molar-refractivity contribution >= 4 is 17.5 Å². The lowest BCUT2D eigenvalue weighted by Crippen LogP contribution is -2.48. The zero-order valence-electron chi connectivity index (χ0n) is 13.0. The quantitative estimate of drug-likeness (QED) is 0.897. The summed E-state index contributed by atoms with van der Waals surface area (Å²) in [5.74, 6) is 0.762. The van der Waals surface area contributed by atoms with Gasteiger partial charge in [-0.15, -0.1) is 5.10 Å². The molecule has 2 aromatic heterocycles. The number of rotatable bonds is 3. The van der Waals surface area contributed by atoms with Crippen LogP contribution in [-0.4, -0.2) is 46.3 Å². The first-order chi connectivity index (χ1) is 10.7. The summed E-state index contributed by atoms with van der Waals surface area (Å²) in [6.45, 7) is 6.27. The number of piperidine rings is 1. The van der Waals surface area contributed by atoms with Gasteiger partial charge in [-0.3, -0.25) is 0 Å². The standard InChI is InChI=1S/C15H22N6O/c1-3-16-15(22)18-12-6-9-20(10-7-12)14-17-11(2)13-5-4-8-21(13)19-14/h4-5,8,12H,3,6-7,9-10H2,1-2H3,(H2,16,18,22). The van der Waals surface area contributed by atoms with E-state index in [2.05, 4.69) is 25.6 Å². The van der Waals surface area contributed by atoms with E-state index < -0.39 is 0 Å². The van der Waals surface area contributed by atoms with E-state index in [4.69, 9.17) is 0 Å². The maximum absolute atomic E-state index is 11.6. The second-order valence-electron chi connectivity index (χ2n) is 5.60. The van der Waals surface area contributed by atoms with Crippen molar-refractivity contribution in [1.82, 2.24) is 25.2 Å². The van der Waals surface area contributed by atoms with Crippen LogP contribution in [0.15, 0.2) is 18.3 Å². The summed E-state index contributed by atoms with van der Waals surface area (Å²) in [6.07, 6.45) is 3.75. The van der Waals surface area contributed by atoms with Crippen LogP contribution in [0.5, 0.6) is 0 Å². The number of carbonyl (C=O) groups excluding carboxylic acids is 1. The number of hydrogen-bond donors (Lipinski definition) is 2. The van der Waals surface area contributed by atoms with Crippen molar-refractivity contribution in [3.05, 3.63) is 24.0 Å². The van der Waals surface area contributed by atoms with Gasteiger partial charge in [0, 0.05) is 31.9 Å². The van der Waals surface area contributed by atoms with Crippen LogP contribution in [0.25, 0.3) is 5.52 Å². The first-order valence-corrected chi connectivity index (χ1v) is 7.78. The Labute approximate surface area is 129 Å². The van der Waals surface area contributed by atoms with Crippen molar-refractivity contribution in [3.63, 3.8) is 0 Å². The molecule has 2 N–H and O–H groups in total. The van der Waals surface area contributed by atoms with Gasteiger partial charge in [0.15, 0.2) is 0 Å². The molecule has 1 fully saturated rings. The molecular weight excluding hydrogens is 280 g/mol. The van der Waals surface area contributed by atoms with Gasteiger partial charge in [-0.25, -0.2) is 14.3 Å². The average molecular weight is 302 g/mol. The number of amides is 2. The smallest absolute Gasteiger partial charge is 0.314 e. The van der Waals surface area contributed by atoms with E-state index in [1.165, 1.54) is 0 Å². The number of aromatic nitrogens is 3. The fourth-order valence-electron chi connectivity index (χ4n) is 2.83. The summed E-state index contributed by atoms with van der Waals surface area (Å²) in [4.78, 5) is 18.4. The predicted molar refractivity (Wildman–Crippen MR) is 85.2 cm³/mol. The Bertz CT molecular complexity index is 659. The predicted octanol–water partition coefficient (Wildman–Crippen LogP) is 1.33. The molecule has 2 amide bonds. The first-order valence-electron chi connectivity index (χ1n) is 7.78. The minimum Gasteiger partial charge on any atom is -0.339 e. The first kappa shape index (κ1) is 14.6. The third-order valence-corrected chi connectivity index (χ3v) is 4.01. The third kappa shape index (κ3) is 2.98. The molecule has 1 aliphatic heterocycles. The lowest BCUT2D eigenvalue weighted by atomic mass is 10.1. The summed E-state index contributed by atoms with van der Waals surface area (Å²) < 4.78 is 1.87. The van der Waals surface area contributed by atoms with Crippen molar-refractivity contribution in [2.45, 2.75) is 32.7 Å². The molecule has 0 aliphatic carbocycles. The molecule has 0 bridgehead atoms. The molecule has 0 unspecified atom stereocenters. The number of anilines is 1. The van der Waals surface area contributed by atoms with Crippen molar-refractivity contribution < 1.29 is 4.79 Å². The Morgan fingerprint density at radius 2 is 2.18 bits per heavy atom. The second-order valence-corrected chi connectivity index (χ2v) is 5.60. The molecule has 0 saturated carbocycles. The minimum absolute atomic E-state index is 0.0817. The maximum Gasteiger partial charge on any atom is 0.314 e. The number of nitrogens with zero attached hydrogens (tertiary/aromatic N) is 4. The molecule has 0 radical (unpaired) electrons. The second kappa shape index (κ2) is 6.21. The van der Waals surface area contributed by atoms with E-state index in [-0.39, 0.29) is 12.1 Å². The lowest BCUT2D eigenvalue weighted by molar-refractivity contribution is 0.235. The van der Waals surface area contributed by atoms with Crippen LogP contribution in [0.3, 0.4) is 0 Å². The number of fused-ring (bicyclic) bond motifs is 1. The van der Waals surface area contributed by atoms with E-state index >= 15 is 0 Å². The molecule has 0 spiro atoms. The number of hydrogen-bond acceptors (Lipinski definition) is 4. The van der Waals surface area contributed by atoms with Gasteiger partial charge in [-0.1, -0.05) is 0 Å². The van der Waals surface area contributed by atoms with Crippen molar-refractivity contribution in [2.24, 2.45) is 0 Å². The molecule has 0 aromatic carbocycles. The van der Waals surface area contributed by atoms with Gasteiger partial charge in [-0.05, 0) is 38.8 Å². The molecule has 3 rings (SSSR count). The highest BCUT2D eigenvalue weighted by Crippen LogP contribution is 2.18. The van der Waals surface area contributed by atoms with E-state index in [1.54, 1.807) is 0 Å². The van der Waals surface area contributed by atoms with Gasteiger partial charge in [0.2, 0.25) is 5.95 Å². The van der Waals surface area contributed by atoms with Crippen molar-refractivity contribution in [1.29, 1.82) is 0 Å². The zero-order valence-corrected chi connectivity index (χ0v) is 13.0. The van der Waals surface area contributed by atoms with E-state index in [0.717, 1.165) is 43.1 Å². The highest BCUT2D eigenvalue weighted by Gasteiger charge is 2.22. The number of nitrogens with one attached hydrogen (secondary N) is 2. The highest BCUT2D eigenvalue weighted by molar-refractivity contribution is 5.74. The summed E-state index contributed by atoms with van der Waals surface area (Å²) >= 11 is 0. The number of aryl methyl sites for hydroxylation is 1. The highest BCUT2D eigenvalue weighted by atomic mass is 16.2. The van der Waals surface area contributed by atoms with Gasteiger partial charge < -0.3 is 15.5 Å². The molecule has 22 heavy (non-hydrogen) atoms. The SMILES string of the molecule is CCNC(=O)NC1CCN(c2nc(C)c3cccn3n2)CC1. The fourth-order valence-corrected chi connectivity index (χ4v) is 2.83. The van der Waals surface area contributed by atoms with Gasteiger partial charge in [0.05, 0.1) is 11.2 Å². The van der Waals surface area contributed by atoms with E-state index in [9.17, 15) is 4.79 Å². The largest absolute Gasteiger partial charge is 0.339 e. The minimum atomic E-state index is -0.0817. The Morgan fingerprint density at radius 3 is 2.91 bits per heavy atom. The van der Waals surface area contributed by atoms with Crippen LogP contribution < -0.4 is 15.5 Å². The van der Waals surface area contributed by atoms with Crippen LogP contribution in [0.2, 0.25) is 0 Å². The third-order valence-electron chi connectivity index (χ3n) is 4.01. The molecule has 1 aliphatic rings. The van der Waals surface area contributed by atoms with Gasteiger partial charge in [0.1, 0.15) is 0 Å². The number of carbonyl (C=O) groups is 1. The van der Waals surface area contributed by atoms with Gasteiger partial charge in [-0.2, -0.15) is 0 Å².